The third kappa shape index (κ3) is 4.31. The van der Waals surface area contributed by atoms with E-state index in [2.05, 4.69) is 17.0 Å². The zero-order valence-corrected chi connectivity index (χ0v) is 14.6. The fraction of sp³-hybridized carbons (Fsp3) is 0.562. The van der Waals surface area contributed by atoms with Gasteiger partial charge in [-0.2, -0.15) is 0 Å². The van der Waals surface area contributed by atoms with Gasteiger partial charge in [0.25, 0.3) is 0 Å². The highest BCUT2D eigenvalue weighted by Crippen LogP contribution is 2.27. The Morgan fingerprint density at radius 2 is 2.00 bits per heavy atom. The van der Waals surface area contributed by atoms with Gasteiger partial charge >= 0.3 is 5.97 Å². The Hall–Kier alpha value is -1.44. The topological polar surface area (TPSA) is 84.5 Å². The molecule has 2 rings (SSSR count). The van der Waals surface area contributed by atoms with Gasteiger partial charge in [-0.1, -0.05) is 13.0 Å². The molecule has 1 heterocycles. The summed E-state index contributed by atoms with van der Waals surface area (Å²) in [4.78, 5) is 11.8. The van der Waals surface area contributed by atoms with Crippen LogP contribution in [-0.4, -0.2) is 41.1 Å². The van der Waals surface area contributed by atoms with Crippen LogP contribution in [0, 0.1) is 12.3 Å². The first-order valence-corrected chi connectivity index (χ1v) is 9.15. The highest BCUT2D eigenvalue weighted by Gasteiger charge is 2.29. The Morgan fingerprint density at radius 1 is 1.35 bits per heavy atom. The fourth-order valence-electron chi connectivity index (χ4n) is 2.66. The van der Waals surface area contributed by atoms with Gasteiger partial charge in [-0.05, 0) is 56.0 Å². The Kier molecular flexibility index (Phi) is 5.44. The fourth-order valence-corrected chi connectivity index (χ4v) is 3.88. The first-order valence-electron chi connectivity index (χ1n) is 7.67. The van der Waals surface area contributed by atoms with E-state index in [9.17, 15) is 13.2 Å². The molecule has 0 radical (unpaired) electrons. The van der Waals surface area contributed by atoms with E-state index in [1.807, 2.05) is 0 Å². The van der Waals surface area contributed by atoms with E-state index >= 15 is 0 Å². The third-order valence-corrected chi connectivity index (χ3v) is 5.82. The molecule has 1 aliphatic rings. The molecule has 0 amide bonds. The SMILES string of the molecule is COC(=O)c1cc(S(=O)(=O)NCC2(C)CCNCC2)ccc1C. The molecule has 0 saturated carbocycles. The van der Waals surface area contributed by atoms with Crippen LogP contribution < -0.4 is 10.0 Å². The molecule has 1 aromatic rings. The molecule has 1 saturated heterocycles. The van der Waals surface area contributed by atoms with Crippen molar-refractivity contribution in [2.45, 2.75) is 31.6 Å². The molecule has 1 aromatic carbocycles. The number of benzene rings is 1. The molecular weight excluding hydrogens is 316 g/mol. The maximum Gasteiger partial charge on any atom is 0.338 e. The highest BCUT2D eigenvalue weighted by molar-refractivity contribution is 7.89. The zero-order chi connectivity index (χ0) is 17.1. The van der Waals surface area contributed by atoms with Gasteiger partial charge in [0.15, 0.2) is 0 Å². The summed E-state index contributed by atoms with van der Waals surface area (Å²) in [5, 5.41) is 3.27. The Balaban J connectivity index is 2.17. The molecule has 7 heteroatoms. The lowest BCUT2D eigenvalue weighted by molar-refractivity contribution is 0.0599. The van der Waals surface area contributed by atoms with Crippen molar-refractivity contribution in [3.8, 4) is 0 Å². The van der Waals surface area contributed by atoms with Gasteiger partial charge in [0.1, 0.15) is 0 Å². The lowest BCUT2D eigenvalue weighted by Crippen LogP contribution is -2.42. The third-order valence-electron chi connectivity index (χ3n) is 4.42. The average molecular weight is 340 g/mol. The van der Waals surface area contributed by atoms with Crippen molar-refractivity contribution in [2.24, 2.45) is 5.41 Å². The predicted octanol–water partition coefficient (Wildman–Crippen LogP) is 1.45. The molecule has 0 atom stereocenters. The molecule has 1 aliphatic heterocycles. The van der Waals surface area contributed by atoms with Crippen molar-refractivity contribution in [3.05, 3.63) is 29.3 Å². The Labute approximate surface area is 137 Å². The van der Waals surface area contributed by atoms with Crippen LogP contribution in [0.1, 0.15) is 35.7 Å². The number of ether oxygens (including phenoxy) is 1. The number of rotatable bonds is 5. The summed E-state index contributed by atoms with van der Waals surface area (Å²) in [7, 11) is -2.38. The summed E-state index contributed by atoms with van der Waals surface area (Å²) < 4.78 is 32.4. The van der Waals surface area contributed by atoms with E-state index in [4.69, 9.17) is 4.74 Å². The van der Waals surface area contributed by atoms with Crippen LogP contribution in [0.5, 0.6) is 0 Å². The van der Waals surface area contributed by atoms with Crippen molar-refractivity contribution < 1.29 is 17.9 Å². The second kappa shape index (κ2) is 6.98. The van der Waals surface area contributed by atoms with Crippen LogP contribution in [0.15, 0.2) is 23.1 Å². The smallest absolute Gasteiger partial charge is 0.338 e. The minimum absolute atomic E-state index is 0.0474. The van der Waals surface area contributed by atoms with E-state index in [-0.39, 0.29) is 15.9 Å². The van der Waals surface area contributed by atoms with E-state index in [1.54, 1.807) is 13.0 Å². The summed E-state index contributed by atoms with van der Waals surface area (Å²) in [5.41, 5.74) is 0.901. The van der Waals surface area contributed by atoms with E-state index < -0.39 is 16.0 Å². The van der Waals surface area contributed by atoms with Crippen LogP contribution in [0.2, 0.25) is 0 Å². The summed E-state index contributed by atoms with van der Waals surface area (Å²) in [6.07, 6.45) is 1.85. The number of esters is 1. The molecular formula is C16H24N2O4S. The number of carbonyl (C=O) groups excluding carboxylic acids is 1. The quantitative estimate of drug-likeness (QED) is 0.793. The number of hydrogen-bond donors (Lipinski definition) is 2. The van der Waals surface area contributed by atoms with E-state index in [1.165, 1.54) is 19.2 Å². The number of carbonyl (C=O) groups is 1. The lowest BCUT2D eigenvalue weighted by atomic mass is 9.81. The van der Waals surface area contributed by atoms with Crippen molar-refractivity contribution in [3.63, 3.8) is 0 Å². The summed E-state index contributed by atoms with van der Waals surface area (Å²) in [5.74, 6) is -0.537. The maximum atomic E-state index is 12.5. The van der Waals surface area contributed by atoms with Gasteiger partial charge in [0.05, 0.1) is 17.6 Å². The van der Waals surface area contributed by atoms with Crippen molar-refractivity contribution in [1.82, 2.24) is 10.0 Å². The van der Waals surface area contributed by atoms with Gasteiger partial charge < -0.3 is 10.1 Å². The molecule has 0 bridgehead atoms. The van der Waals surface area contributed by atoms with Crippen molar-refractivity contribution in [1.29, 1.82) is 0 Å². The number of nitrogens with one attached hydrogen (secondary N) is 2. The van der Waals surface area contributed by atoms with Crippen LogP contribution in [0.25, 0.3) is 0 Å². The average Bonchev–Trinajstić information content (AvgIpc) is 2.53. The molecule has 6 nitrogen and oxygen atoms in total. The molecule has 0 aromatic heterocycles. The Bertz CT molecular complexity index is 679. The van der Waals surface area contributed by atoms with Gasteiger partial charge in [0.2, 0.25) is 10.0 Å². The van der Waals surface area contributed by atoms with E-state index in [0.29, 0.717) is 12.1 Å². The second-order valence-corrected chi connectivity index (χ2v) is 8.12. The first-order chi connectivity index (χ1) is 10.8. The van der Waals surface area contributed by atoms with Gasteiger partial charge in [-0.25, -0.2) is 17.9 Å². The minimum atomic E-state index is -3.66. The maximum absolute atomic E-state index is 12.5. The molecule has 0 unspecified atom stereocenters. The van der Waals surface area contributed by atoms with Gasteiger partial charge in [-0.15, -0.1) is 0 Å². The largest absolute Gasteiger partial charge is 0.465 e. The first kappa shape index (κ1) is 17.9. The van der Waals surface area contributed by atoms with Crippen LogP contribution >= 0.6 is 0 Å². The second-order valence-electron chi connectivity index (χ2n) is 6.35. The van der Waals surface area contributed by atoms with Crippen molar-refractivity contribution >= 4 is 16.0 Å². The zero-order valence-electron chi connectivity index (χ0n) is 13.8. The lowest BCUT2D eigenvalue weighted by Gasteiger charge is -2.34. The standard InChI is InChI=1S/C16H24N2O4S/c1-12-4-5-13(10-14(12)15(19)22-3)23(20,21)18-11-16(2)6-8-17-9-7-16/h4-5,10,17-18H,6-9,11H2,1-3H3. The number of aryl methyl sites for hydroxylation is 1. The summed E-state index contributed by atoms with van der Waals surface area (Å²) in [6.45, 7) is 6.01. The highest BCUT2D eigenvalue weighted by atomic mass is 32.2. The van der Waals surface area contributed by atoms with Crippen LogP contribution in [0.4, 0.5) is 0 Å². The van der Waals surface area contributed by atoms with Gasteiger partial charge in [-0.3, -0.25) is 0 Å². The normalized spacial score (nSPS) is 17.7. The minimum Gasteiger partial charge on any atom is -0.465 e. The monoisotopic (exact) mass is 340 g/mol. The molecule has 0 spiro atoms. The summed E-state index contributed by atoms with van der Waals surface area (Å²) >= 11 is 0. The number of hydrogen-bond acceptors (Lipinski definition) is 5. The summed E-state index contributed by atoms with van der Waals surface area (Å²) in [6, 6.07) is 4.50. The molecule has 0 aliphatic carbocycles. The predicted molar refractivity (Wildman–Crippen MR) is 87.9 cm³/mol. The van der Waals surface area contributed by atoms with Gasteiger partial charge in [0, 0.05) is 6.54 Å². The van der Waals surface area contributed by atoms with Crippen molar-refractivity contribution in [2.75, 3.05) is 26.7 Å². The Morgan fingerprint density at radius 3 is 2.61 bits per heavy atom. The number of sulfonamides is 1. The molecule has 128 valence electrons. The van der Waals surface area contributed by atoms with Crippen LogP contribution in [0.3, 0.4) is 0 Å². The molecule has 2 N–H and O–H groups in total. The number of piperidine rings is 1. The molecule has 23 heavy (non-hydrogen) atoms. The van der Waals surface area contributed by atoms with Crippen LogP contribution in [-0.2, 0) is 14.8 Å². The molecule has 1 fully saturated rings. The van der Waals surface area contributed by atoms with E-state index in [0.717, 1.165) is 25.9 Å². The number of methoxy groups -OCH3 is 1.